The zero-order valence-electron chi connectivity index (χ0n) is 30.3. The van der Waals surface area contributed by atoms with E-state index >= 15 is 0 Å². The van der Waals surface area contributed by atoms with Gasteiger partial charge in [0.25, 0.3) is 0 Å². The third-order valence-corrected chi connectivity index (χ3v) is 16.3. The summed E-state index contributed by atoms with van der Waals surface area (Å²) in [5.74, 6) is -0.345. The molecule has 9 rings (SSSR count). The molecular weight excluding hydrogens is 632 g/mol. The summed E-state index contributed by atoms with van der Waals surface area (Å²) in [6, 6.07) is 0. The maximum absolute atomic E-state index is 12.9. The monoisotopic (exact) mass is 688 g/mol. The van der Waals surface area contributed by atoms with Crippen LogP contribution in [0.3, 0.4) is 0 Å². The van der Waals surface area contributed by atoms with Gasteiger partial charge in [0.05, 0.1) is 18.8 Å². The van der Waals surface area contributed by atoms with Crippen LogP contribution in [0.15, 0.2) is 11.6 Å². The molecule has 4 saturated heterocycles. The van der Waals surface area contributed by atoms with Gasteiger partial charge in [-0.1, -0.05) is 46.3 Å². The van der Waals surface area contributed by atoms with E-state index in [4.69, 9.17) is 33.2 Å². The lowest BCUT2D eigenvalue weighted by molar-refractivity contribution is -0.349. The molecule has 0 amide bonds. The van der Waals surface area contributed by atoms with Crippen LogP contribution in [-0.2, 0) is 38.0 Å². The van der Waals surface area contributed by atoms with E-state index in [1.165, 1.54) is 5.57 Å². The number of methoxy groups -OCH3 is 1. The number of fused-ring (bicyclic) bond motifs is 6. The fourth-order valence-corrected chi connectivity index (χ4v) is 14.0. The largest absolute Gasteiger partial charge is 0.462 e. The number of hydrogen-bond donors (Lipinski definition) is 3. The lowest BCUT2D eigenvalue weighted by atomic mass is 9.44. The maximum Gasteiger partial charge on any atom is 0.302 e. The van der Waals surface area contributed by atoms with Gasteiger partial charge in [-0.05, 0) is 74.0 Å². The van der Waals surface area contributed by atoms with Crippen LogP contribution in [0.1, 0.15) is 93.4 Å². The quantitative estimate of drug-likeness (QED) is 0.226. The van der Waals surface area contributed by atoms with Gasteiger partial charge in [0.15, 0.2) is 12.6 Å². The Morgan fingerprint density at radius 2 is 1.73 bits per heavy atom. The molecule has 4 heterocycles. The topological polar surface area (TPSA) is 146 Å². The molecule has 0 unspecified atom stereocenters. The number of hydrogen-bond acceptors (Lipinski definition) is 11. The Hall–Kier alpha value is -1.15. The predicted octanol–water partition coefficient (Wildman–Crippen LogP) is 3.60. The Labute approximate surface area is 289 Å². The summed E-state index contributed by atoms with van der Waals surface area (Å²) in [5.41, 5.74) is 0.173. The molecule has 5 aliphatic carbocycles. The van der Waals surface area contributed by atoms with E-state index < -0.39 is 42.3 Å². The minimum atomic E-state index is -1.31. The number of esters is 1. The summed E-state index contributed by atoms with van der Waals surface area (Å²) in [7, 11) is 1.66. The highest BCUT2D eigenvalue weighted by molar-refractivity contribution is 5.66. The van der Waals surface area contributed by atoms with Gasteiger partial charge in [-0.25, -0.2) is 0 Å². The number of rotatable bonds is 4. The summed E-state index contributed by atoms with van der Waals surface area (Å²) >= 11 is 0. The molecule has 3 N–H and O–H groups in total. The number of carbonyl (C=O) groups excluding carboxylic acids is 1. The molecule has 11 heteroatoms. The third-order valence-electron chi connectivity index (χ3n) is 16.3. The van der Waals surface area contributed by atoms with E-state index in [1.54, 1.807) is 14.0 Å². The van der Waals surface area contributed by atoms with Crippen molar-refractivity contribution in [2.24, 2.45) is 44.8 Å². The molecule has 0 radical (unpaired) electrons. The number of carbonyl (C=O) groups is 1. The summed E-state index contributed by atoms with van der Waals surface area (Å²) in [6.45, 7) is 15.2. The molecule has 9 aliphatic rings. The predicted molar refractivity (Wildman–Crippen MR) is 172 cm³/mol. The summed E-state index contributed by atoms with van der Waals surface area (Å²) in [4.78, 5) is 12.9. The number of aliphatic hydroxyl groups is 3. The summed E-state index contributed by atoms with van der Waals surface area (Å²) in [5, 5.41) is 31.0. The number of allylic oxidation sites excluding steroid dienone is 2. The first-order valence-corrected chi connectivity index (χ1v) is 18.7. The van der Waals surface area contributed by atoms with E-state index in [0.717, 1.165) is 38.5 Å². The van der Waals surface area contributed by atoms with Gasteiger partial charge in [0, 0.05) is 36.7 Å². The molecule has 0 aromatic heterocycles. The van der Waals surface area contributed by atoms with Crippen LogP contribution in [0.5, 0.6) is 0 Å². The Kier molecular flexibility index (Phi) is 6.93. The highest BCUT2D eigenvalue weighted by Crippen LogP contribution is 2.88. The molecule has 11 nitrogen and oxygen atoms in total. The second-order valence-electron chi connectivity index (χ2n) is 18.7. The van der Waals surface area contributed by atoms with Crippen molar-refractivity contribution in [3.05, 3.63) is 11.6 Å². The van der Waals surface area contributed by atoms with Gasteiger partial charge >= 0.3 is 5.97 Å². The van der Waals surface area contributed by atoms with Crippen LogP contribution >= 0.6 is 0 Å². The minimum Gasteiger partial charge on any atom is -0.462 e. The average molecular weight is 689 g/mol. The maximum atomic E-state index is 12.9. The van der Waals surface area contributed by atoms with Gasteiger partial charge in [0.1, 0.15) is 36.1 Å². The van der Waals surface area contributed by atoms with Gasteiger partial charge in [-0.15, -0.1) is 0 Å². The van der Waals surface area contributed by atoms with Crippen molar-refractivity contribution in [1.82, 2.24) is 0 Å². The molecule has 0 aromatic carbocycles. The van der Waals surface area contributed by atoms with Gasteiger partial charge in [0.2, 0.25) is 5.79 Å². The lowest BCUT2D eigenvalue weighted by Crippen LogP contribution is -2.61. The number of epoxide rings is 1. The van der Waals surface area contributed by atoms with Gasteiger partial charge in [-0.3, -0.25) is 4.79 Å². The van der Waals surface area contributed by atoms with Crippen molar-refractivity contribution in [2.45, 2.75) is 160 Å². The second kappa shape index (κ2) is 10.1. The van der Waals surface area contributed by atoms with Crippen molar-refractivity contribution in [1.29, 1.82) is 0 Å². The summed E-state index contributed by atoms with van der Waals surface area (Å²) < 4.78 is 44.3. The van der Waals surface area contributed by atoms with Crippen molar-refractivity contribution in [2.75, 3.05) is 13.7 Å². The van der Waals surface area contributed by atoms with Gasteiger partial charge in [-0.2, -0.15) is 0 Å². The highest BCUT2D eigenvalue weighted by Gasteiger charge is 2.85. The second-order valence-corrected chi connectivity index (χ2v) is 18.7. The zero-order valence-corrected chi connectivity index (χ0v) is 30.3. The minimum absolute atomic E-state index is 0.0519. The van der Waals surface area contributed by atoms with E-state index in [1.807, 2.05) is 6.92 Å². The average Bonchev–Trinajstić information content (AvgIpc) is 3.86. The Morgan fingerprint density at radius 1 is 0.980 bits per heavy atom. The lowest BCUT2D eigenvalue weighted by Gasteiger charge is -2.62. The van der Waals surface area contributed by atoms with Crippen LogP contribution in [0.4, 0.5) is 0 Å². The first-order valence-electron chi connectivity index (χ1n) is 18.7. The molecule has 18 atom stereocenters. The molecule has 49 heavy (non-hydrogen) atoms. The highest BCUT2D eigenvalue weighted by atomic mass is 16.8. The van der Waals surface area contributed by atoms with Crippen LogP contribution in [-0.4, -0.2) is 102 Å². The van der Waals surface area contributed by atoms with Crippen LogP contribution < -0.4 is 0 Å². The Bertz CT molecular complexity index is 1470. The number of ether oxygens (including phenoxy) is 7. The molecule has 274 valence electrons. The van der Waals surface area contributed by atoms with Crippen molar-refractivity contribution >= 4 is 5.97 Å². The molecule has 3 spiro atoms. The molecule has 4 aliphatic heterocycles. The van der Waals surface area contributed by atoms with E-state index in [2.05, 4.69) is 40.7 Å². The first-order chi connectivity index (χ1) is 22.9. The smallest absolute Gasteiger partial charge is 0.302 e. The Balaban J connectivity index is 1.05. The third kappa shape index (κ3) is 3.93. The summed E-state index contributed by atoms with van der Waals surface area (Å²) in [6.07, 6.45) is 2.72. The van der Waals surface area contributed by atoms with Crippen molar-refractivity contribution in [3.63, 3.8) is 0 Å². The number of aliphatic hydroxyl groups excluding tert-OH is 3. The molecular formula is C38H56O11. The van der Waals surface area contributed by atoms with Crippen molar-refractivity contribution < 1.29 is 53.3 Å². The van der Waals surface area contributed by atoms with E-state index in [0.29, 0.717) is 12.3 Å². The van der Waals surface area contributed by atoms with Crippen molar-refractivity contribution in [3.8, 4) is 0 Å². The standard InChI is InChI=1S/C38H56O11/c1-18-13-38(30-35(7,48-30)31(43-8)49-38)47-21-14-33(5)23-10-9-22-32(3,4)24(46-29-28(42)27(41)20(40)16-44-29)11-12-36(22)17-37(23,36)15-25(45-19(2)39)34(33,6)26(18)21/h10,18,20-22,24-31,40-42H,9,11-17H2,1-8H3/t18-,20-,21+,22+,24+,25-,26+,27+,28-,29+,30-,31-,33+,34-,35-,36-,37+,38-/m1/s1. The molecule has 8 fully saturated rings. The van der Waals surface area contributed by atoms with Crippen LogP contribution in [0.2, 0.25) is 0 Å². The normalized spacial score (nSPS) is 60.6. The van der Waals surface area contributed by atoms with Crippen LogP contribution in [0.25, 0.3) is 0 Å². The van der Waals surface area contributed by atoms with Crippen LogP contribution in [0, 0.1) is 44.8 Å². The fraction of sp³-hybridized carbons (Fsp3) is 0.921. The molecule has 0 bridgehead atoms. The fourth-order valence-electron chi connectivity index (χ4n) is 14.0. The van der Waals surface area contributed by atoms with E-state index in [9.17, 15) is 20.1 Å². The molecule has 4 saturated carbocycles. The zero-order chi connectivity index (χ0) is 34.9. The first kappa shape index (κ1) is 33.7. The Morgan fingerprint density at radius 3 is 2.43 bits per heavy atom. The van der Waals surface area contributed by atoms with E-state index in [-0.39, 0.29) is 75.9 Å². The molecule has 0 aromatic rings. The van der Waals surface area contributed by atoms with Gasteiger partial charge < -0.3 is 48.5 Å². The SMILES string of the molecule is CO[C@@H]1O[C@]2(C[C@@H](C)[C@H]3[C@H](C[C@@]4(C)C5=CC[C@H]6C(C)(C)[C@@H](O[C@@H]7OC[C@@H](O)[C@H](O)[C@H]7O)CC[C@@]67C[C@@]57C[C@@H](OC(C)=O)[C@]34C)O2)[C@@H]2O[C@@]12C.